The average molecular weight is 330 g/mol. The number of methoxy groups -OCH3 is 2. The van der Waals surface area contributed by atoms with Crippen molar-refractivity contribution in [2.45, 2.75) is 13.0 Å². The summed E-state index contributed by atoms with van der Waals surface area (Å²) in [5.74, 6) is 1.82. The first-order valence-electron chi connectivity index (χ1n) is 6.06. The molecule has 0 aromatic heterocycles. The van der Waals surface area contributed by atoms with Gasteiger partial charge in [-0.1, -0.05) is 6.08 Å². The molecule has 0 aliphatic rings. The van der Waals surface area contributed by atoms with Crippen molar-refractivity contribution >= 4 is 0 Å². The van der Waals surface area contributed by atoms with E-state index >= 15 is 0 Å². The topological polar surface area (TPSA) is 18.5 Å². The number of quaternary nitrogens is 1. The quantitative estimate of drug-likeness (QED) is 0.524. The van der Waals surface area contributed by atoms with Gasteiger partial charge < -0.3 is 30.9 Å². The average Bonchev–Trinajstić information content (AvgIpc) is 2.28. The van der Waals surface area contributed by atoms with E-state index in [9.17, 15) is 0 Å². The van der Waals surface area contributed by atoms with E-state index in [4.69, 9.17) is 9.47 Å². The number of hydrogen-bond donors (Lipinski definition) is 0. The summed E-state index contributed by atoms with van der Waals surface area (Å²) < 4.78 is 11.8. The summed E-state index contributed by atoms with van der Waals surface area (Å²) in [6.07, 6.45) is 2.65. The molecule has 0 aliphatic heterocycles. The van der Waals surface area contributed by atoms with E-state index in [0.29, 0.717) is 0 Å². The Morgan fingerprint density at radius 2 is 1.53 bits per heavy atom. The lowest BCUT2D eigenvalue weighted by Crippen LogP contribution is -3.00. The first kappa shape index (κ1) is 18.0. The smallest absolute Gasteiger partial charge is 0.128 e. The van der Waals surface area contributed by atoms with E-state index in [0.717, 1.165) is 40.1 Å². The van der Waals surface area contributed by atoms with Crippen molar-refractivity contribution in [2.75, 3.05) is 35.4 Å². The number of rotatable bonds is 6. The summed E-state index contributed by atoms with van der Waals surface area (Å²) in [6.45, 7) is 4.67. The van der Waals surface area contributed by atoms with Crippen LogP contribution in [0.5, 0.6) is 11.5 Å². The molecule has 1 aromatic rings. The molecule has 0 saturated carbocycles. The van der Waals surface area contributed by atoms with Crippen LogP contribution in [0.1, 0.15) is 11.1 Å². The second kappa shape index (κ2) is 7.56. The standard InChI is InChI=1S/C15H24NO2.BrH/c1-7-8-12-9-15(18-6)13(10-14(12)17-5)11-16(2,3)4;/h7,9-10H,1,8,11H2,2-6H3;1H/q+1;/p-1. The van der Waals surface area contributed by atoms with Crippen LogP contribution in [0.25, 0.3) is 0 Å². The van der Waals surface area contributed by atoms with E-state index in [2.05, 4.69) is 33.8 Å². The number of allylic oxidation sites excluding steroid dienone is 1. The highest BCUT2D eigenvalue weighted by Gasteiger charge is 2.16. The van der Waals surface area contributed by atoms with Crippen molar-refractivity contribution in [1.29, 1.82) is 0 Å². The molecule has 108 valence electrons. The predicted molar refractivity (Wildman–Crippen MR) is 75.2 cm³/mol. The molecule has 4 heteroatoms. The van der Waals surface area contributed by atoms with Crippen LogP contribution in [0, 0.1) is 0 Å². The molecule has 0 amide bonds. The van der Waals surface area contributed by atoms with Gasteiger partial charge in [0.25, 0.3) is 0 Å². The molecule has 0 fully saturated rings. The fourth-order valence-corrected chi connectivity index (χ4v) is 1.97. The number of ether oxygens (including phenoxy) is 2. The van der Waals surface area contributed by atoms with Crippen LogP contribution < -0.4 is 26.5 Å². The summed E-state index contributed by atoms with van der Waals surface area (Å²) in [6, 6.07) is 4.12. The summed E-state index contributed by atoms with van der Waals surface area (Å²) in [5, 5.41) is 0. The highest BCUT2D eigenvalue weighted by Crippen LogP contribution is 2.30. The Bertz CT molecular complexity index is 425. The maximum absolute atomic E-state index is 5.48. The molecule has 0 unspecified atom stereocenters. The molecule has 1 aromatic carbocycles. The van der Waals surface area contributed by atoms with Gasteiger partial charge in [-0.05, 0) is 18.6 Å². The van der Waals surface area contributed by atoms with Gasteiger partial charge in [0.05, 0.1) is 40.9 Å². The molecular weight excluding hydrogens is 306 g/mol. The van der Waals surface area contributed by atoms with Crippen molar-refractivity contribution in [3.05, 3.63) is 35.9 Å². The van der Waals surface area contributed by atoms with E-state index in [1.54, 1.807) is 14.2 Å². The minimum atomic E-state index is 0. The van der Waals surface area contributed by atoms with Gasteiger partial charge in [0.1, 0.15) is 18.0 Å². The van der Waals surface area contributed by atoms with Gasteiger partial charge in [-0.3, -0.25) is 0 Å². The first-order chi connectivity index (χ1) is 8.41. The molecule has 0 heterocycles. The van der Waals surface area contributed by atoms with Crippen LogP contribution in [-0.4, -0.2) is 39.8 Å². The summed E-state index contributed by atoms with van der Waals surface area (Å²) in [7, 11) is 9.87. The van der Waals surface area contributed by atoms with Crippen LogP contribution in [0.15, 0.2) is 24.8 Å². The van der Waals surface area contributed by atoms with E-state index in [1.807, 2.05) is 12.1 Å². The highest BCUT2D eigenvalue weighted by atomic mass is 79.9. The maximum Gasteiger partial charge on any atom is 0.128 e. The summed E-state index contributed by atoms with van der Waals surface area (Å²) in [4.78, 5) is 0. The third-order valence-electron chi connectivity index (χ3n) is 2.69. The van der Waals surface area contributed by atoms with Gasteiger partial charge in [0.15, 0.2) is 0 Å². The van der Waals surface area contributed by atoms with Crippen molar-refractivity contribution in [3.63, 3.8) is 0 Å². The predicted octanol–water partition coefficient (Wildman–Crippen LogP) is -0.357. The van der Waals surface area contributed by atoms with Crippen molar-refractivity contribution in [2.24, 2.45) is 0 Å². The van der Waals surface area contributed by atoms with Gasteiger partial charge in [0, 0.05) is 5.56 Å². The van der Waals surface area contributed by atoms with Crippen molar-refractivity contribution in [3.8, 4) is 11.5 Å². The van der Waals surface area contributed by atoms with Gasteiger partial charge >= 0.3 is 0 Å². The molecule has 1 rings (SSSR count). The summed E-state index contributed by atoms with van der Waals surface area (Å²) >= 11 is 0. The highest BCUT2D eigenvalue weighted by molar-refractivity contribution is 5.47. The van der Waals surface area contributed by atoms with Gasteiger partial charge in [-0.25, -0.2) is 0 Å². The number of hydrogen-bond acceptors (Lipinski definition) is 2. The molecule has 0 N–H and O–H groups in total. The van der Waals surface area contributed by atoms with Crippen molar-refractivity contribution < 1.29 is 30.9 Å². The largest absolute Gasteiger partial charge is 1.00 e. The molecule has 0 saturated heterocycles. The van der Waals surface area contributed by atoms with Gasteiger partial charge in [-0.2, -0.15) is 0 Å². The third-order valence-corrected chi connectivity index (χ3v) is 2.69. The Balaban J connectivity index is 0.00000324. The van der Waals surface area contributed by atoms with Gasteiger partial charge in [-0.15, -0.1) is 6.58 Å². The Hall–Kier alpha value is -1.000. The second-order valence-electron chi connectivity index (χ2n) is 5.42. The summed E-state index contributed by atoms with van der Waals surface area (Å²) in [5.41, 5.74) is 2.27. The minimum Gasteiger partial charge on any atom is -1.00 e. The van der Waals surface area contributed by atoms with Crippen LogP contribution in [0.2, 0.25) is 0 Å². The molecule has 0 aliphatic carbocycles. The number of nitrogens with zero attached hydrogens (tertiary/aromatic N) is 1. The fourth-order valence-electron chi connectivity index (χ4n) is 1.97. The minimum absolute atomic E-state index is 0. The molecule has 0 spiro atoms. The Kier molecular flexibility index (Phi) is 7.16. The van der Waals surface area contributed by atoms with E-state index < -0.39 is 0 Å². The van der Waals surface area contributed by atoms with Crippen LogP contribution in [0.3, 0.4) is 0 Å². The fraction of sp³-hybridized carbons (Fsp3) is 0.467. The molecule has 3 nitrogen and oxygen atoms in total. The van der Waals surface area contributed by atoms with E-state index in [1.165, 1.54) is 0 Å². The lowest BCUT2D eigenvalue weighted by atomic mass is 10.1. The third kappa shape index (κ3) is 5.25. The Morgan fingerprint density at radius 1 is 1.05 bits per heavy atom. The zero-order chi connectivity index (χ0) is 13.8. The number of benzene rings is 1. The van der Waals surface area contributed by atoms with E-state index in [-0.39, 0.29) is 17.0 Å². The first-order valence-corrected chi connectivity index (χ1v) is 6.06. The van der Waals surface area contributed by atoms with Crippen LogP contribution in [-0.2, 0) is 13.0 Å². The lowest BCUT2D eigenvalue weighted by Gasteiger charge is -2.25. The van der Waals surface area contributed by atoms with Crippen LogP contribution in [0.4, 0.5) is 0 Å². The molecule has 0 bridgehead atoms. The monoisotopic (exact) mass is 329 g/mol. The zero-order valence-corrected chi connectivity index (χ0v) is 14.1. The number of halogens is 1. The zero-order valence-electron chi connectivity index (χ0n) is 12.5. The molecular formula is C15H24BrNO2. The molecule has 19 heavy (non-hydrogen) atoms. The van der Waals surface area contributed by atoms with Crippen LogP contribution >= 0.6 is 0 Å². The van der Waals surface area contributed by atoms with Gasteiger partial charge in [0.2, 0.25) is 0 Å². The second-order valence-corrected chi connectivity index (χ2v) is 5.42. The maximum atomic E-state index is 5.48. The van der Waals surface area contributed by atoms with Crippen molar-refractivity contribution in [1.82, 2.24) is 0 Å². The molecule has 0 atom stereocenters. The Labute approximate surface area is 127 Å². The normalized spacial score (nSPS) is 10.6. The SMILES string of the molecule is C=CCc1cc(OC)c(C[N+](C)(C)C)cc1OC.[Br-]. The lowest BCUT2D eigenvalue weighted by molar-refractivity contribution is -0.884. The molecule has 0 radical (unpaired) electrons. The Morgan fingerprint density at radius 3 is 1.95 bits per heavy atom.